The summed E-state index contributed by atoms with van der Waals surface area (Å²) >= 11 is 0. The number of phenols is 2. The van der Waals surface area contributed by atoms with Crippen LogP contribution in [0.1, 0.15) is 11.1 Å². The van der Waals surface area contributed by atoms with Crippen molar-refractivity contribution in [3.05, 3.63) is 35.4 Å². The van der Waals surface area contributed by atoms with Gasteiger partial charge in [0.05, 0.1) is 0 Å². The molecule has 86 valence electrons. The summed E-state index contributed by atoms with van der Waals surface area (Å²) in [5.74, 6) is 0.446. The molecule has 0 unspecified atom stereocenters. The Morgan fingerprint density at radius 2 is 1.65 bits per heavy atom. The van der Waals surface area contributed by atoms with Crippen molar-refractivity contribution in [2.75, 3.05) is 0 Å². The molecule has 2 N–H and O–H groups in total. The maximum atomic E-state index is 9.66. The molecule has 0 atom stereocenters. The predicted octanol–water partition coefficient (Wildman–Crippen LogP) is 3.61. The Kier molecular flexibility index (Phi) is 1.87. The van der Waals surface area contributed by atoms with Gasteiger partial charge in [-0.15, -0.1) is 0 Å². The van der Waals surface area contributed by atoms with Gasteiger partial charge in [-0.05, 0) is 43.2 Å². The van der Waals surface area contributed by atoms with Crippen LogP contribution in [-0.4, -0.2) is 10.2 Å². The summed E-state index contributed by atoms with van der Waals surface area (Å²) in [6.45, 7) is 3.72. The Balaban J connectivity index is 2.55. The molecule has 3 nitrogen and oxygen atoms in total. The normalized spacial score (nSPS) is 11.4. The van der Waals surface area contributed by atoms with Crippen molar-refractivity contribution >= 4 is 21.9 Å². The lowest BCUT2D eigenvalue weighted by molar-refractivity contribution is 0.470. The SMILES string of the molecule is Cc1cc2c(cc1O)oc1c(C)cc(O)cc12. The van der Waals surface area contributed by atoms with Gasteiger partial charge in [-0.1, -0.05) is 0 Å². The number of rotatable bonds is 0. The minimum atomic E-state index is 0.221. The molecular weight excluding hydrogens is 216 g/mol. The number of furan rings is 1. The lowest BCUT2D eigenvalue weighted by Gasteiger charge is -1.97. The van der Waals surface area contributed by atoms with Crippen LogP contribution in [0.15, 0.2) is 28.7 Å². The van der Waals surface area contributed by atoms with Crippen LogP contribution >= 0.6 is 0 Å². The van der Waals surface area contributed by atoms with Crippen molar-refractivity contribution in [2.45, 2.75) is 13.8 Å². The molecule has 0 bridgehead atoms. The summed E-state index contributed by atoms with van der Waals surface area (Å²) in [5, 5.41) is 21.1. The molecule has 3 aromatic rings. The fraction of sp³-hybridized carbons (Fsp3) is 0.143. The monoisotopic (exact) mass is 228 g/mol. The summed E-state index contributed by atoms with van der Waals surface area (Å²) in [6, 6.07) is 6.83. The summed E-state index contributed by atoms with van der Waals surface area (Å²) < 4.78 is 5.70. The highest BCUT2D eigenvalue weighted by molar-refractivity contribution is 6.07. The van der Waals surface area contributed by atoms with E-state index in [1.807, 2.05) is 19.9 Å². The Morgan fingerprint density at radius 1 is 0.882 bits per heavy atom. The van der Waals surface area contributed by atoms with E-state index in [9.17, 15) is 10.2 Å². The van der Waals surface area contributed by atoms with Crippen LogP contribution < -0.4 is 0 Å². The van der Waals surface area contributed by atoms with E-state index in [4.69, 9.17) is 4.42 Å². The van der Waals surface area contributed by atoms with E-state index >= 15 is 0 Å². The van der Waals surface area contributed by atoms with E-state index in [-0.39, 0.29) is 11.5 Å². The molecule has 0 aliphatic rings. The number of fused-ring (bicyclic) bond motifs is 3. The van der Waals surface area contributed by atoms with Gasteiger partial charge in [-0.3, -0.25) is 0 Å². The highest BCUT2D eigenvalue weighted by atomic mass is 16.3. The van der Waals surface area contributed by atoms with Crippen molar-refractivity contribution in [1.29, 1.82) is 0 Å². The van der Waals surface area contributed by atoms with Gasteiger partial charge in [0.15, 0.2) is 0 Å². The van der Waals surface area contributed by atoms with Crippen LogP contribution in [-0.2, 0) is 0 Å². The maximum Gasteiger partial charge on any atom is 0.139 e. The van der Waals surface area contributed by atoms with Crippen molar-refractivity contribution < 1.29 is 14.6 Å². The number of aryl methyl sites for hydroxylation is 2. The Hall–Kier alpha value is -2.16. The highest BCUT2D eigenvalue weighted by Gasteiger charge is 2.12. The van der Waals surface area contributed by atoms with Crippen LogP contribution in [0, 0.1) is 13.8 Å². The van der Waals surface area contributed by atoms with Crippen molar-refractivity contribution in [2.24, 2.45) is 0 Å². The average molecular weight is 228 g/mol. The van der Waals surface area contributed by atoms with E-state index in [0.29, 0.717) is 5.58 Å². The van der Waals surface area contributed by atoms with Gasteiger partial charge in [0.25, 0.3) is 0 Å². The van der Waals surface area contributed by atoms with Crippen LogP contribution in [0.2, 0.25) is 0 Å². The van der Waals surface area contributed by atoms with Gasteiger partial charge in [0.2, 0.25) is 0 Å². The van der Waals surface area contributed by atoms with Crippen molar-refractivity contribution in [1.82, 2.24) is 0 Å². The predicted molar refractivity (Wildman–Crippen MR) is 66.5 cm³/mol. The zero-order chi connectivity index (χ0) is 12.2. The minimum absolute atomic E-state index is 0.221. The van der Waals surface area contributed by atoms with Crippen molar-refractivity contribution in [3.8, 4) is 11.5 Å². The second kappa shape index (κ2) is 3.17. The number of hydrogen-bond donors (Lipinski definition) is 2. The standard InChI is InChI=1S/C14H12O3/c1-7-4-10-11-5-9(15)3-8(2)14(11)17-13(10)6-12(7)16/h3-6,15-16H,1-2H3. The van der Waals surface area contributed by atoms with Gasteiger partial charge >= 0.3 is 0 Å². The fourth-order valence-corrected chi connectivity index (χ4v) is 2.17. The maximum absolute atomic E-state index is 9.66. The molecule has 0 amide bonds. The molecule has 0 fully saturated rings. The number of aromatic hydroxyl groups is 2. The number of benzene rings is 2. The topological polar surface area (TPSA) is 53.6 Å². The molecule has 0 aliphatic heterocycles. The van der Waals surface area contributed by atoms with Gasteiger partial charge in [0, 0.05) is 16.8 Å². The molecule has 3 rings (SSSR count). The number of phenolic OH excluding ortho intramolecular Hbond substituents is 2. The van der Waals surface area contributed by atoms with Crippen LogP contribution in [0.5, 0.6) is 11.5 Å². The molecule has 2 aromatic carbocycles. The molecule has 17 heavy (non-hydrogen) atoms. The van der Waals surface area contributed by atoms with Gasteiger partial charge in [-0.2, -0.15) is 0 Å². The molecule has 0 aliphatic carbocycles. The fourth-order valence-electron chi connectivity index (χ4n) is 2.17. The molecular formula is C14H12O3. The summed E-state index contributed by atoms with van der Waals surface area (Å²) in [4.78, 5) is 0. The third-order valence-corrected chi connectivity index (χ3v) is 3.06. The molecule has 0 radical (unpaired) electrons. The van der Waals surface area contributed by atoms with Crippen LogP contribution in [0.25, 0.3) is 21.9 Å². The molecule has 1 aromatic heterocycles. The highest BCUT2D eigenvalue weighted by Crippen LogP contribution is 2.36. The minimum Gasteiger partial charge on any atom is -0.508 e. The van der Waals surface area contributed by atoms with Gasteiger partial charge in [0.1, 0.15) is 22.7 Å². The Morgan fingerprint density at radius 3 is 2.41 bits per heavy atom. The summed E-state index contributed by atoms with van der Waals surface area (Å²) in [5.41, 5.74) is 3.06. The lowest BCUT2D eigenvalue weighted by atomic mass is 10.1. The van der Waals surface area contributed by atoms with Gasteiger partial charge < -0.3 is 14.6 Å². The summed E-state index contributed by atoms with van der Waals surface area (Å²) in [7, 11) is 0. The summed E-state index contributed by atoms with van der Waals surface area (Å²) in [6.07, 6.45) is 0. The average Bonchev–Trinajstić information content (AvgIpc) is 2.58. The van der Waals surface area contributed by atoms with E-state index in [1.54, 1.807) is 18.2 Å². The molecule has 0 saturated heterocycles. The van der Waals surface area contributed by atoms with E-state index in [1.165, 1.54) is 0 Å². The first-order valence-corrected chi connectivity index (χ1v) is 5.41. The zero-order valence-corrected chi connectivity index (χ0v) is 9.61. The van der Waals surface area contributed by atoms with Crippen LogP contribution in [0.3, 0.4) is 0 Å². The third kappa shape index (κ3) is 1.35. The Bertz CT molecular complexity index is 738. The molecule has 0 spiro atoms. The lowest BCUT2D eigenvalue weighted by Crippen LogP contribution is -1.75. The molecule has 3 heteroatoms. The molecule has 1 heterocycles. The van der Waals surface area contributed by atoms with E-state index < -0.39 is 0 Å². The first-order valence-electron chi connectivity index (χ1n) is 5.41. The van der Waals surface area contributed by atoms with E-state index in [0.717, 1.165) is 27.5 Å². The third-order valence-electron chi connectivity index (χ3n) is 3.06. The van der Waals surface area contributed by atoms with Gasteiger partial charge in [-0.25, -0.2) is 0 Å². The quantitative estimate of drug-likeness (QED) is 0.618. The van der Waals surface area contributed by atoms with E-state index in [2.05, 4.69) is 0 Å². The smallest absolute Gasteiger partial charge is 0.139 e. The largest absolute Gasteiger partial charge is 0.508 e. The van der Waals surface area contributed by atoms with Crippen LogP contribution in [0.4, 0.5) is 0 Å². The second-order valence-electron chi connectivity index (χ2n) is 4.38. The van der Waals surface area contributed by atoms with Crippen molar-refractivity contribution in [3.63, 3.8) is 0 Å². The molecule has 0 saturated carbocycles. The first-order chi connectivity index (χ1) is 8.06. The zero-order valence-electron chi connectivity index (χ0n) is 9.61. The first kappa shape index (κ1) is 10.0. The Labute approximate surface area is 97.9 Å². The second-order valence-corrected chi connectivity index (χ2v) is 4.38. The number of hydrogen-bond acceptors (Lipinski definition) is 3.